The summed E-state index contributed by atoms with van der Waals surface area (Å²) in [5.74, 6) is 0.895. The highest BCUT2D eigenvalue weighted by atomic mass is 16.5. The van der Waals surface area contributed by atoms with E-state index in [1.54, 1.807) is 6.26 Å². The third kappa shape index (κ3) is 3.46. The van der Waals surface area contributed by atoms with Crippen LogP contribution >= 0.6 is 0 Å². The molecule has 0 radical (unpaired) electrons. The number of ether oxygens (including phenoxy) is 1. The van der Waals surface area contributed by atoms with Crippen LogP contribution in [0, 0.1) is 6.92 Å². The third-order valence-corrected chi connectivity index (χ3v) is 4.93. The van der Waals surface area contributed by atoms with Crippen LogP contribution in [-0.2, 0) is 6.54 Å². The van der Waals surface area contributed by atoms with Crippen molar-refractivity contribution in [3.05, 3.63) is 89.7 Å². The lowest BCUT2D eigenvalue weighted by atomic mass is 10.00. The fourth-order valence-electron chi connectivity index (χ4n) is 3.36. The van der Waals surface area contributed by atoms with Crippen molar-refractivity contribution >= 4 is 11.0 Å². The van der Waals surface area contributed by atoms with Gasteiger partial charge >= 0.3 is 0 Å². The first-order valence-electron chi connectivity index (χ1n) is 9.18. The van der Waals surface area contributed by atoms with E-state index < -0.39 is 0 Å². The summed E-state index contributed by atoms with van der Waals surface area (Å²) < 4.78 is 12.0. The quantitative estimate of drug-likeness (QED) is 0.476. The molecule has 3 nitrogen and oxygen atoms in total. The van der Waals surface area contributed by atoms with Gasteiger partial charge in [0.15, 0.2) is 0 Å². The Kier molecular flexibility index (Phi) is 4.69. The molecule has 0 aliphatic carbocycles. The molecule has 0 saturated heterocycles. The Morgan fingerprint density at radius 2 is 1.78 bits per heavy atom. The van der Waals surface area contributed by atoms with E-state index >= 15 is 0 Å². The van der Waals surface area contributed by atoms with E-state index in [2.05, 4.69) is 44.2 Å². The van der Waals surface area contributed by atoms with E-state index in [4.69, 9.17) is 14.9 Å². The molecular formula is C24H23NO2. The molecule has 0 amide bonds. The second kappa shape index (κ2) is 7.29. The van der Waals surface area contributed by atoms with Crippen LogP contribution in [0.3, 0.4) is 0 Å². The number of hydrogen-bond acceptors (Lipinski definition) is 3. The zero-order valence-corrected chi connectivity index (χ0v) is 15.6. The predicted molar refractivity (Wildman–Crippen MR) is 110 cm³/mol. The first-order valence-corrected chi connectivity index (χ1v) is 9.18. The molecule has 2 N–H and O–H groups in total. The highest BCUT2D eigenvalue weighted by Crippen LogP contribution is 2.33. The first-order chi connectivity index (χ1) is 13.2. The summed E-state index contributed by atoms with van der Waals surface area (Å²) in [7, 11) is 0. The minimum atomic E-state index is -0.113. The van der Waals surface area contributed by atoms with Crippen LogP contribution in [0.4, 0.5) is 0 Å². The fraction of sp³-hybridized carbons (Fsp3) is 0.167. The van der Waals surface area contributed by atoms with Crippen molar-refractivity contribution in [3.63, 3.8) is 0 Å². The highest BCUT2D eigenvalue weighted by Gasteiger charge is 2.16. The Bertz CT molecular complexity index is 1080. The lowest BCUT2D eigenvalue weighted by Crippen LogP contribution is -2.03. The molecular weight excluding hydrogens is 334 g/mol. The fourth-order valence-corrected chi connectivity index (χ4v) is 3.36. The second-order valence-corrected chi connectivity index (χ2v) is 6.83. The predicted octanol–water partition coefficient (Wildman–Crippen LogP) is 6.01. The Balaban J connectivity index is 1.70. The molecule has 0 fully saturated rings. The minimum absolute atomic E-state index is 0.113. The topological polar surface area (TPSA) is 48.4 Å². The van der Waals surface area contributed by atoms with Crippen LogP contribution in [0.1, 0.15) is 29.7 Å². The highest BCUT2D eigenvalue weighted by molar-refractivity contribution is 5.86. The molecule has 0 saturated carbocycles. The van der Waals surface area contributed by atoms with Gasteiger partial charge in [0.25, 0.3) is 0 Å². The van der Waals surface area contributed by atoms with Crippen molar-refractivity contribution in [2.75, 3.05) is 0 Å². The van der Waals surface area contributed by atoms with E-state index in [-0.39, 0.29) is 6.10 Å². The number of aryl methyl sites for hydroxylation is 1. The summed E-state index contributed by atoms with van der Waals surface area (Å²) in [6.45, 7) is 4.64. The van der Waals surface area contributed by atoms with Crippen LogP contribution in [0.5, 0.6) is 5.75 Å². The second-order valence-electron chi connectivity index (χ2n) is 6.83. The smallest absolute Gasteiger partial charge is 0.134 e. The molecule has 27 heavy (non-hydrogen) atoms. The van der Waals surface area contributed by atoms with Crippen LogP contribution in [0.2, 0.25) is 0 Å². The van der Waals surface area contributed by atoms with Crippen LogP contribution in [0.25, 0.3) is 22.1 Å². The Morgan fingerprint density at radius 3 is 2.59 bits per heavy atom. The number of benzene rings is 3. The van der Waals surface area contributed by atoms with Crippen molar-refractivity contribution < 1.29 is 9.15 Å². The molecule has 1 unspecified atom stereocenters. The van der Waals surface area contributed by atoms with Crippen molar-refractivity contribution in [1.29, 1.82) is 0 Å². The van der Waals surface area contributed by atoms with Gasteiger partial charge in [-0.2, -0.15) is 0 Å². The van der Waals surface area contributed by atoms with Gasteiger partial charge in [-0.15, -0.1) is 0 Å². The molecule has 0 aliphatic heterocycles. The molecule has 0 bridgehead atoms. The van der Waals surface area contributed by atoms with E-state index in [9.17, 15) is 0 Å². The molecule has 0 spiro atoms. The summed E-state index contributed by atoms with van der Waals surface area (Å²) in [4.78, 5) is 0. The average molecular weight is 357 g/mol. The zero-order chi connectivity index (χ0) is 18.8. The summed E-state index contributed by atoms with van der Waals surface area (Å²) in [5.41, 5.74) is 12.2. The zero-order valence-electron chi connectivity index (χ0n) is 15.6. The van der Waals surface area contributed by atoms with Gasteiger partial charge in [-0.1, -0.05) is 42.5 Å². The van der Waals surface area contributed by atoms with Gasteiger partial charge in [-0.25, -0.2) is 0 Å². The maximum Gasteiger partial charge on any atom is 0.134 e. The van der Waals surface area contributed by atoms with Gasteiger partial charge in [0.05, 0.1) is 6.26 Å². The molecule has 0 aliphatic rings. The number of rotatable bonds is 5. The monoisotopic (exact) mass is 357 g/mol. The maximum absolute atomic E-state index is 6.20. The molecule has 4 rings (SSSR count). The Morgan fingerprint density at radius 1 is 0.963 bits per heavy atom. The summed E-state index contributed by atoms with van der Waals surface area (Å²) >= 11 is 0. The Hall–Kier alpha value is -3.04. The van der Waals surface area contributed by atoms with Crippen molar-refractivity contribution in [3.8, 4) is 16.9 Å². The van der Waals surface area contributed by atoms with Crippen LogP contribution in [-0.4, -0.2) is 0 Å². The van der Waals surface area contributed by atoms with Gasteiger partial charge in [-0.05, 0) is 60.4 Å². The van der Waals surface area contributed by atoms with Crippen LogP contribution in [0.15, 0.2) is 77.4 Å². The Labute approximate surface area is 159 Å². The lowest BCUT2D eigenvalue weighted by Gasteiger charge is -2.15. The molecule has 3 aromatic carbocycles. The summed E-state index contributed by atoms with van der Waals surface area (Å²) in [5, 5.41) is 1.08. The average Bonchev–Trinajstić information content (AvgIpc) is 3.13. The van der Waals surface area contributed by atoms with Crippen LogP contribution < -0.4 is 10.5 Å². The first kappa shape index (κ1) is 17.4. The summed E-state index contributed by atoms with van der Waals surface area (Å²) in [6, 6.07) is 22.7. The molecule has 1 heterocycles. The normalized spacial score (nSPS) is 12.3. The number of para-hydroxylation sites is 1. The van der Waals surface area contributed by atoms with Crippen molar-refractivity contribution in [2.24, 2.45) is 5.73 Å². The van der Waals surface area contributed by atoms with Gasteiger partial charge < -0.3 is 14.9 Å². The van der Waals surface area contributed by atoms with E-state index in [0.29, 0.717) is 6.54 Å². The van der Waals surface area contributed by atoms with E-state index in [1.807, 2.05) is 36.4 Å². The van der Waals surface area contributed by atoms with Gasteiger partial charge in [-0.3, -0.25) is 0 Å². The molecule has 1 aromatic heterocycles. The SMILES string of the molecule is Cc1ccccc1OC(C)c1coc2ccc(-c3cccc(CN)c3)cc12. The number of fused-ring (bicyclic) bond motifs is 1. The third-order valence-electron chi connectivity index (χ3n) is 4.93. The summed E-state index contributed by atoms with van der Waals surface area (Å²) in [6.07, 6.45) is 1.69. The molecule has 1 atom stereocenters. The standard InChI is InChI=1S/C24H23NO2/c1-16-6-3-4-9-23(16)27-17(2)22-15-26-24-11-10-20(13-21(22)24)19-8-5-7-18(12-19)14-25/h3-13,15,17H,14,25H2,1-2H3. The van der Waals surface area contributed by atoms with Gasteiger partial charge in [0.2, 0.25) is 0 Å². The van der Waals surface area contributed by atoms with Gasteiger partial charge in [0, 0.05) is 17.5 Å². The molecule has 3 heteroatoms. The molecule has 136 valence electrons. The lowest BCUT2D eigenvalue weighted by molar-refractivity contribution is 0.225. The molecule has 4 aromatic rings. The van der Waals surface area contributed by atoms with Crippen molar-refractivity contribution in [2.45, 2.75) is 26.5 Å². The van der Waals surface area contributed by atoms with E-state index in [0.717, 1.165) is 44.5 Å². The number of nitrogens with two attached hydrogens (primary N) is 1. The largest absolute Gasteiger partial charge is 0.486 e. The number of hydrogen-bond donors (Lipinski definition) is 1. The van der Waals surface area contributed by atoms with Crippen molar-refractivity contribution in [1.82, 2.24) is 0 Å². The van der Waals surface area contributed by atoms with E-state index in [1.165, 1.54) is 0 Å². The maximum atomic E-state index is 6.20. The minimum Gasteiger partial charge on any atom is -0.486 e. The van der Waals surface area contributed by atoms with Gasteiger partial charge in [0.1, 0.15) is 17.4 Å². The number of furan rings is 1.